The lowest BCUT2D eigenvalue weighted by molar-refractivity contribution is -0.0957. The largest absolute Gasteiger partial charge is 0.412 e. The Morgan fingerprint density at radius 3 is 2.65 bits per heavy atom. The minimum atomic E-state index is -4.38. The summed E-state index contributed by atoms with van der Waals surface area (Å²) in [4.78, 5) is 16.7. The van der Waals surface area contributed by atoms with E-state index in [2.05, 4.69) is 4.98 Å². The smallest absolute Gasteiger partial charge is 0.334 e. The van der Waals surface area contributed by atoms with E-state index < -0.39 is 23.5 Å². The predicted octanol–water partition coefficient (Wildman–Crippen LogP) is 3.21. The second kappa shape index (κ2) is 5.40. The third kappa shape index (κ3) is 3.09. The lowest BCUT2D eigenvalue weighted by Crippen LogP contribution is -2.37. The van der Waals surface area contributed by atoms with E-state index in [1.54, 1.807) is 0 Å². The predicted molar refractivity (Wildman–Crippen MR) is 63.9 cm³/mol. The number of amides is 1. The van der Waals surface area contributed by atoms with Gasteiger partial charge in [0.05, 0.1) is 11.8 Å². The van der Waals surface area contributed by atoms with Crippen molar-refractivity contribution in [2.24, 2.45) is 0 Å². The molecule has 1 aliphatic rings. The van der Waals surface area contributed by atoms with Gasteiger partial charge in [-0.2, -0.15) is 13.2 Å². The number of rotatable bonds is 1. The van der Waals surface area contributed by atoms with Crippen molar-refractivity contribution < 1.29 is 22.4 Å². The van der Waals surface area contributed by atoms with Gasteiger partial charge in [0, 0.05) is 18.7 Å². The van der Waals surface area contributed by atoms with Crippen LogP contribution in [0.5, 0.6) is 0 Å². The number of aromatic nitrogens is 1. The molecule has 0 atom stereocenters. The minimum Gasteiger partial charge on any atom is -0.334 e. The molecule has 0 fully saturated rings. The van der Waals surface area contributed by atoms with Crippen molar-refractivity contribution in [2.75, 3.05) is 13.1 Å². The van der Waals surface area contributed by atoms with Gasteiger partial charge in [0.1, 0.15) is 11.0 Å². The van der Waals surface area contributed by atoms with Crippen LogP contribution in [-0.2, 0) is 0 Å². The van der Waals surface area contributed by atoms with Crippen molar-refractivity contribution in [3.63, 3.8) is 0 Å². The molecule has 1 aromatic heterocycles. The Morgan fingerprint density at radius 2 is 2.10 bits per heavy atom. The topological polar surface area (TPSA) is 33.2 Å². The third-order valence-corrected chi connectivity index (χ3v) is 3.20. The molecule has 0 radical (unpaired) electrons. The zero-order chi connectivity index (χ0) is 14.9. The summed E-state index contributed by atoms with van der Waals surface area (Å²) in [5.74, 6) is -1.37. The highest BCUT2D eigenvalue weighted by molar-refractivity contribution is 6.32. The van der Waals surface area contributed by atoms with E-state index in [4.69, 9.17) is 11.6 Å². The molecular formula is C12H9ClF4N2O. The molecule has 0 saturated heterocycles. The first-order valence-corrected chi connectivity index (χ1v) is 6.03. The van der Waals surface area contributed by atoms with Crippen molar-refractivity contribution in [3.05, 3.63) is 40.4 Å². The Kier molecular flexibility index (Phi) is 3.99. The molecule has 0 N–H and O–H groups in total. The van der Waals surface area contributed by atoms with Crippen molar-refractivity contribution in [3.8, 4) is 0 Å². The minimum absolute atomic E-state index is 0.100. The second-order valence-electron chi connectivity index (χ2n) is 4.22. The van der Waals surface area contributed by atoms with Crippen molar-refractivity contribution in [2.45, 2.75) is 12.6 Å². The molecule has 8 heteroatoms. The standard InChI is InChI=1S/C12H9ClF4N2O/c13-10-9(5-8(14)6-18-10)11(20)19-3-1-7(2-4-19)12(15,16)17/h1,5-6H,2-4H2. The zero-order valence-electron chi connectivity index (χ0n) is 10.0. The van der Waals surface area contributed by atoms with Crippen molar-refractivity contribution in [1.29, 1.82) is 0 Å². The van der Waals surface area contributed by atoms with Gasteiger partial charge in [-0.05, 0) is 12.5 Å². The number of carbonyl (C=O) groups excluding carboxylic acids is 1. The number of hydrogen-bond donors (Lipinski definition) is 0. The summed E-state index contributed by atoms with van der Waals surface area (Å²) < 4.78 is 50.4. The molecule has 0 aliphatic carbocycles. The monoisotopic (exact) mass is 308 g/mol. The quantitative estimate of drug-likeness (QED) is 0.453. The Balaban J connectivity index is 2.17. The van der Waals surface area contributed by atoms with Gasteiger partial charge in [0.25, 0.3) is 5.91 Å². The van der Waals surface area contributed by atoms with E-state index >= 15 is 0 Å². The number of pyridine rings is 1. The Hall–Kier alpha value is -1.63. The van der Waals surface area contributed by atoms with Crippen LogP contribution in [0.15, 0.2) is 23.9 Å². The van der Waals surface area contributed by atoms with Crippen LogP contribution < -0.4 is 0 Å². The normalized spacial score (nSPS) is 16.1. The molecule has 0 aromatic carbocycles. The molecule has 3 nitrogen and oxygen atoms in total. The maximum absolute atomic E-state index is 13.0. The zero-order valence-corrected chi connectivity index (χ0v) is 10.8. The van der Waals surface area contributed by atoms with Gasteiger partial charge in [0.15, 0.2) is 0 Å². The fourth-order valence-electron chi connectivity index (χ4n) is 1.85. The van der Waals surface area contributed by atoms with Crippen molar-refractivity contribution in [1.82, 2.24) is 9.88 Å². The van der Waals surface area contributed by atoms with Gasteiger partial charge >= 0.3 is 6.18 Å². The van der Waals surface area contributed by atoms with E-state index in [9.17, 15) is 22.4 Å². The second-order valence-corrected chi connectivity index (χ2v) is 4.58. The summed E-state index contributed by atoms with van der Waals surface area (Å²) in [5, 5.41) is -0.179. The van der Waals surface area contributed by atoms with E-state index in [0.717, 1.165) is 23.2 Å². The first-order chi connectivity index (χ1) is 9.29. The van der Waals surface area contributed by atoms with Crippen LogP contribution in [0.4, 0.5) is 17.6 Å². The van der Waals surface area contributed by atoms with Gasteiger partial charge in [-0.1, -0.05) is 17.7 Å². The van der Waals surface area contributed by atoms with Crippen LogP contribution in [-0.4, -0.2) is 35.1 Å². The van der Waals surface area contributed by atoms with Gasteiger partial charge < -0.3 is 4.90 Å². The van der Waals surface area contributed by atoms with Crippen molar-refractivity contribution >= 4 is 17.5 Å². The Morgan fingerprint density at radius 1 is 1.40 bits per heavy atom. The molecule has 1 aromatic rings. The van der Waals surface area contributed by atoms with Gasteiger partial charge in [-0.3, -0.25) is 4.79 Å². The molecule has 0 unspecified atom stereocenters. The molecule has 108 valence electrons. The number of halogens is 5. The molecule has 20 heavy (non-hydrogen) atoms. The van der Waals surface area contributed by atoms with Crippen LogP contribution in [0.3, 0.4) is 0 Å². The van der Waals surface area contributed by atoms with Crippen LogP contribution in [0, 0.1) is 5.82 Å². The molecule has 0 bridgehead atoms. The van der Waals surface area contributed by atoms with Crippen LogP contribution in [0.25, 0.3) is 0 Å². The summed E-state index contributed by atoms with van der Waals surface area (Å²) in [5.41, 5.74) is -0.819. The van der Waals surface area contributed by atoms with Gasteiger partial charge in [-0.15, -0.1) is 0 Å². The van der Waals surface area contributed by atoms with E-state index in [0.29, 0.717) is 0 Å². The van der Waals surface area contributed by atoms with Gasteiger partial charge in [0.2, 0.25) is 0 Å². The highest BCUT2D eigenvalue weighted by Crippen LogP contribution is 2.30. The SMILES string of the molecule is O=C(c1cc(F)cnc1Cl)N1CC=C(C(F)(F)F)CC1. The average Bonchev–Trinajstić information content (AvgIpc) is 2.40. The summed E-state index contributed by atoms with van der Waals surface area (Å²) in [6.07, 6.45) is -2.87. The van der Waals surface area contributed by atoms with Gasteiger partial charge in [-0.25, -0.2) is 9.37 Å². The molecule has 2 rings (SSSR count). The fourth-order valence-corrected chi connectivity index (χ4v) is 2.04. The van der Waals surface area contributed by atoms with Crippen LogP contribution in [0.2, 0.25) is 5.15 Å². The van der Waals surface area contributed by atoms with E-state index in [1.165, 1.54) is 0 Å². The van der Waals surface area contributed by atoms with Crippen LogP contribution in [0.1, 0.15) is 16.8 Å². The molecule has 1 aliphatic heterocycles. The molecule has 1 amide bonds. The summed E-state index contributed by atoms with van der Waals surface area (Å²) in [6.45, 7) is -0.294. The number of hydrogen-bond acceptors (Lipinski definition) is 2. The van der Waals surface area contributed by atoms with E-state index in [1.807, 2.05) is 0 Å². The Labute approximate surface area is 116 Å². The summed E-state index contributed by atoms with van der Waals surface area (Å²) >= 11 is 5.69. The molecule has 0 saturated carbocycles. The molecule has 0 spiro atoms. The Bertz CT molecular complexity index is 571. The lowest BCUT2D eigenvalue weighted by Gasteiger charge is -2.27. The van der Waals surface area contributed by atoms with E-state index in [-0.39, 0.29) is 30.2 Å². The lowest BCUT2D eigenvalue weighted by atomic mass is 10.1. The maximum Gasteiger partial charge on any atom is 0.412 e. The molecular weight excluding hydrogens is 300 g/mol. The maximum atomic E-state index is 13.0. The average molecular weight is 309 g/mol. The third-order valence-electron chi connectivity index (χ3n) is 2.90. The summed E-state index contributed by atoms with van der Waals surface area (Å²) in [6, 6.07) is 0.917. The number of alkyl halides is 3. The number of nitrogens with zero attached hydrogens (tertiary/aromatic N) is 2. The summed E-state index contributed by atoms with van der Waals surface area (Å²) in [7, 11) is 0. The first kappa shape index (κ1) is 14.8. The van der Waals surface area contributed by atoms with Crippen LogP contribution >= 0.6 is 11.6 Å². The fraction of sp³-hybridized carbons (Fsp3) is 0.333. The highest BCUT2D eigenvalue weighted by Gasteiger charge is 2.35. The molecule has 2 heterocycles. The number of carbonyl (C=O) groups is 1. The highest BCUT2D eigenvalue weighted by atomic mass is 35.5. The first-order valence-electron chi connectivity index (χ1n) is 5.65.